The van der Waals surface area contributed by atoms with Crippen molar-refractivity contribution < 1.29 is 30.5 Å². The molecule has 0 aromatic heterocycles. The van der Waals surface area contributed by atoms with E-state index in [9.17, 15) is 21.8 Å². The van der Waals surface area contributed by atoms with Crippen LogP contribution in [0.3, 0.4) is 0 Å². The maximum Gasteiger partial charge on any atom is 0.391 e. The van der Waals surface area contributed by atoms with Gasteiger partial charge in [-0.2, -0.15) is 17.4 Å². The smallest absolute Gasteiger partial charge is 0.284 e. The van der Waals surface area contributed by atoms with Crippen molar-refractivity contribution in [2.45, 2.75) is 18.7 Å². The van der Waals surface area contributed by atoms with Crippen LogP contribution in [0.2, 0.25) is 0 Å². The summed E-state index contributed by atoms with van der Waals surface area (Å²) >= 11 is -2.87. The zero-order chi connectivity index (χ0) is 9.78. The normalized spacial score (nSPS) is 17.4. The van der Waals surface area contributed by atoms with Crippen molar-refractivity contribution in [3.8, 4) is 0 Å². The minimum absolute atomic E-state index is 1.45. The van der Waals surface area contributed by atoms with Crippen LogP contribution in [0.4, 0.5) is 17.6 Å². The zero-order valence-corrected chi connectivity index (χ0v) is 6.49. The molecule has 0 bridgehead atoms. The molecule has 2 unspecified atom stereocenters. The first-order valence-electron chi connectivity index (χ1n) is 2.76. The third kappa shape index (κ3) is 6.50. The van der Waals surface area contributed by atoms with E-state index in [1.54, 1.807) is 0 Å². The standard InChI is InChI=1S/C4H6F4O3S/c5-2-3(11-12(9)10)1-4(6,7)8/h3H,1-2H2,(H,9,10). The monoisotopic (exact) mass is 210 g/mol. The molecule has 1 N–H and O–H groups in total. The Bertz CT molecular complexity index is 159. The van der Waals surface area contributed by atoms with Crippen LogP contribution in [0.15, 0.2) is 0 Å². The van der Waals surface area contributed by atoms with Gasteiger partial charge < -0.3 is 0 Å². The summed E-state index contributed by atoms with van der Waals surface area (Å²) in [7, 11) is 0. The first kappa shape index (κ1) is 11.8. The van der Waals surface area contributed by atoms with E-state index in [0.717, 1.165) is 0 Å². The van der Waals surface area contributed by atoms with Crippen molar-refractivity contribution in [1.82, 2.24) is 0 Å². The van der Waals surface area contributed by atoms with Crippen LogP contribution in [0, 0.1) is 0 Å². The SMILES string of the molecule is O=S(O)OC(CF)CC(F)(F)F. The van der Waals surface area contributed by atoms with E-state index in [0.29, 0.717) is 0 Å². The lowest BCUT2D eigenvalue weighted by Gasteiger charge is -2.12. The summed E-state index contributed by atoms with van der Waals surface area (Å²) in [6.45, 7) is -1.45. The Labute approximate surface area is 68.2 Å². The Kier molecular flexibility index (Phi) is 4.64. The molecule has 0 amide bonds. The number of alkyl halides is 4. The maximum atomic E-state index is 11.7. The zero-order valence-electron chi connectivity index (χ0n) is 5.68. The van der Waals surface area contributed by atoms with Gasteiger partial charge >= 0.3 is 17.5 Å². The molecule has 0 fully saturated rings. The quantitative estimate of drug-likeness (QED) is 0.564. The number of rotatable bonds is 4. The summed E-state index contributed by atoms with van der Waals surface area (Å²) in [5.41, 5.74) is 0. The van der Waals surface area contributed by atoms with Crippen LogP contribution < -0.4 is 0 Å². The predicted molar refractivity (Wildman–Crippen MR) is 32.3 cm³/mol. The molecule has 0 saturated carbocycles. The summed E-state index contributed by atoms with van der Waals surface area (Å²) in [5.74, 6) is 0. The molecular weight excluding hydrogens is 204 g/mol. The topological polar surface area (TPSA) is 46.5 Å². The lowest BCUT2D eigenvalue weighted by molar-refractivity contribution is -0.151. The molecule has 0 radical (unpaired) electrons. The van der Waals surface area contributed by atoms with Gasteiger partial charge in [-0.3, -0.25) is 8.74 Å². The van der Waals surface area contributed by atoms with E-state index in [1.165, 1.54) is 0 Å². The summed E-state index contributed by atoms with van der Waals surface area (Å²) in [4.78, 5) is 0. The van der Waals surface area contributed by atoms with Crippen molar-refractivity contribution in [2.24, 2.45) is 0 Å². The third-order valence-electron chi connectivity index (χ3n) is 0.850. The summed E-state index contributed by atoms with van der Waals surface area (Å²) in [6.07, 6.45) is -8.08. The van der Waals surface area contributed by atoms with E-state index < -0.39 is 36.7 Å². The van der Waals surface area contributed by atoms with Gasteiger partial charge in [0.2, 0.25) is 0 Å². The molecule has 12 heavy (non-hydrogen) atoms. The molecule has 0 aromatic carbocycles. The first-order chi connectivity index (χ1) is 5.35. The Morgan fingerprint density at radius 1 is 1.50 bits per heavy atom. The molecule has 0 rings (SSSR count). The van der Waals surface area contributed by atoms with Gasteiger partial charge in [-0.1, -0.05) is 0 Å². The highest BCUT2D eigenvalue weighted by molar-refractivity contribution is 7.74. The number of hydrogen-bond acceptors (Lipinski definition) is 2. The molecule has 0 heterocycles. The second kappa shape index (κ2) is 4.73. The Hall–Kier alpha value is -0.210. The lowest BCUT2D eigenvalue weighted by atomic mass is 10.3. The predicted octanol–water partition coefficient (Wildman–Crippen LogP) is 1.43. The fraction of sp³-hybridized carbons (Fsp3) is 1.00. The molecule has 3 nitrogen and oxygen atoms in total. The Balaban J connectivity index is 3.92. The van der Waals surface area contributed by atoms with Crippen LogP contribution in [-0.4, -0.2) is 27.7 Å². The van der Waals surface area contributed by atoms with Gasteiger partial charge in [0.25, 0.3) is 0 Å². The van der Waals surface area contributed by atoms with E-state index in [4.69, 9.17) is 4.55 Å². The average molecular weight is 210 g/mol. The maximum absolute atomic E-state index is 11.7. The van der Waals surface area contributed by atoms with Gasteiger partial charge in [-0.05, 0) is 0 Å². The first-order valence-corrected chi connectivity index (χ1v) is 3.79. The second-order valence-corrected chi connectivity index (χ2v) is 2.54. The van der Waals surface area contributed by atoms with Crippen molar-refractivity contribution in [3.05, 3.63) is 0 Å². The molecule has 74 valence electrons. The molecule has 2 atom stereocenters. The molecule has 0 aliphatic rings. The van der Waals surface area contributed by atoms with Crippen molar-refractivity contribution in [1.29, 1.82) is 0 Å². The summed E-state index contributed by atoms with van der Waals surface area (Å²) < 4.78 is 67.7. The molecular formula is C4H6F4O3S. The van der Waals surface area contributed by atoms with Crippen LogP contribution in [0.5, 0.6) is 0 Å². The van der Waals surface area contributed by atoms with E-state index >= 15 is 0 Å². The van der Waals surface area contributed by atoms with E-state index in [2.05, 4.69) is 4.18 Å². The molecule has 0 saturated heterocycles. The molecule has 0 aliphatic carbocycles. The van der Waals surface area contributed by atoms with Gasteiger partial charge in [0, 0.05) is 0 Å². The van der Waals surface area contributed by atoms with Crippen molar-refractivity contribution in [3.63, 3.8) is 0 Å². The number of halogens is 4. The van der Waals surface area contributed by atoms with Gasteiger partial charge in [-0.25, -0.2) is 4.39 Å². The average Bonchev–Trinajstić information content (AvgIpc) is 1.82. The summed E-state index contributed by atoms with van der Waals surface area (Å²) in [5, 5.41) is 0. The highest BCUT2D eigenvalue weighted by Crippen LogP contribution is 2.23. The largest absolute Gasteiger partial charge is 0.391 e. The minimum Gasteiger partial charge on any atom is -0.284 e. The third-order valence-corrected chi connectivity index (χ3v) is 1.29. The van der Waals surface area contributed by atoms with Crippen LogP contribution in [0.1, 0.15) is 6.42 Å². The van der Waals surface area contributed by atoms with Crippen molar-refractivity contribution in [2.75, 3.05) is 6.67 Å². The van der Waals surface area contributed by atoms with Crippen molar-refractivity contribution >= 4 is 11.4 Å². The molecule has 0 aromatic rings. The van der Waals surface area contributed by atoms with Gasteiger partial charge in [0.05, 0.1) is 6.42 Å². The van der Waals surface area contributed by atoms with Gasteiger partial charge in [0.15, 0.2) is 0 Å². The highest BCUT2D eigenvalue weighted by atomic mass is 32.2. The van der Waals surface area contributed by atoms with Crippen LogP contribution in [0.25, 0.3) is 0 Å². The molecule has 0 spiro atoms. The lowest BCUT2D eigenvalue weighted by Crippen LogP contribution is -2.24. The fourth-order valence-electron chi connectivity index (χ4n) is 0.489. The Morgan fingerprint density at radius 2 is 2.00 bits per heavy atom. The highest BCUT2D eigenvalue weighted by Gasteiger charge is 2.33. The molecule has 8 heteroatoms. The van der Waals surface area contributed by atoms with E-state index in [-0.39, 0.29) is 0 Å². The van der Waals surface area contributed by atoms with E-state index in [1.807, 2.05) is 0 Å². The fourth-order valence-corrected chi connectivity index (χ4v) is 0.841. The van der Waals surface area contributed by atoms with Gasteiger partial charge in [0.1, 0.15) is 12.8 Å². The summed E-state index contributed by atoms with van der Waals surface area (Å²) in [6, 6.07) is 0. The number of hydrogen-bond donors (Lipinski definition) is 1. The van der Waals surface area contributed by atoms with Crippen LogP contribution in [-0.2, 0) is 15.5 Å². The Morgan fingerprint density at radius 3 is 2.25 bits per heavy atom. The molecule has 0 aliphatic heterocycles. The minimum atomic E-state index is -4.60. The van der Waals surface area contributed by atoms with Crippen LogP contribution >= 0.6 is 0 Å². The van der Waals surface area contributed by atoms with Gasteiger partial charge in [-0.15, -0.1) is 0 Å². The second-order valence-electron chi connectivity index (χ2n) is 1.91.